The molecule has 0 aliphatic carbocycles. The number of nitrogens with zero attached hydrogens (tertiary/aromatic N) is 3. The number of pyridine rings is 1. The molecule has 0 aliphatic rings. The van der Waals surface area contributed by atoms with E-state index >= 15 is 0 Å². The number of aromatic nitrogens is 3. The summed E-state index contributed by atoms with van der Waals surface area (Å²) < 4.78 is 10.9. The zero-order valence-corrected chi connectivity index (χ0v) is 19.6. The number of aryl methyl sites for hydroxylation is 2. The molecule has 178 valence electrons. The number of benzene rings is 2. The van der Waals surface area contributed by atoms with Crippen LogP contribution in [0.3, 0.4) is 0 Å². The zero-order valence-electron chi connectivity index (χ0n) is 18.8. The third-order valence-electron chi connectivity index (χ3n) is 5.02. The highest BCUT2D eigenvalue weighted by Gasteiger charge is 2.12. The monoisotopic (exact) mass is 491 g/mol. The molecule has 2 aromatic carbocycles. The number of amides is 2. The number of hydrazine groups is 1. The van der Waals surface area contributed by atoms with Crippen LogP contribution in [0.2, 0.25) is 5.02 Å². The predicted molar refractivity (Wildman–Crippen MR) is 128 cm³/mol. The van der Waals surface area contributed by atoms with Gasteiger partial charge in [-0.3, -0.25) is 25.4 Å². The average molecular weight is 492 g/mol. The summed E-state index contributed by atoms with van der Waals surface area (Å²) >= 11 is 6.03. The lowest BCUT2D eigenvalue weighted by atomic mass is 10.1. The van der Waals surface area contributed by atoms with Gasteiger partial charge in [0.2, 0.25) is 17.6 Å². The Labute approximate surface area is 206 Å². The van der Waals surface area contributed by atoms with Gasteiger partial charge in [0.1, 0.15) is 12.4 Å². The molecule has 2 aromatic heterocycles. The summed E-state index contributed by atoms with van der Waals surface area (Å²) in [7, 11) is 0. The molecule has 0 fully saturated rings. The van der Waals surface area contributed by atoms with Crippen molar-refractivity contribution in [2.45, 2.75) is 26.4 Å². The first-order valence-corrected chi connectivity index (χ1v) is 11.2. The lowest BCUT2D eigenvalue weighted by molar-refractivity contribution is -0.121. The Morgan fingerprint density at radius 1 is 1.09 bits per heavy atom. The summed E-state index contributed by atoms with van der Waals surface area (Å²) in [6.45, 7) is 2.25. The molecule has 4 rings (SSSR count). The van der Waals surface area contributed by atoms with Crippen molar-refractivity contribution in [3.05, 3.63) is 94.6 Å². The molecule has 4 aromatic rings. The fraction of sp³-hybridized carbons (Fsp3) is 0.160. The van der Waals surface area contributed by atoms with E-state index in [0.29, 0.717) is 34.7 Å². The van der Waals surface area contributed by atoms with Crippen LogP contribution in [0.1, 0.15) is 33.8 Å². The number of hydrogen-bond donors (Lipinski definition) is 2. The Bertz CT molecular complexity index is 1310. The smallest absolute Gasteiger partial charge is 0.269 e. The molecule has 0 aliphatic heterocycles. The third kappa shape index (κ3) is 6.64. The lowest BCUT2D eigenvalue weighted by Gasteiger charge is -2.09. The molecule has 0 spiro atoms. The van der Waals surface area contributed by atoms with E-state index in [2.05, 4.69) is 26.0 Å². The normalized spacial score (nSPS) is 10.6. The minimum atomic E-state index is -0.434. The first-order valence-electron chi connectivity index (χ1n) is 10.8. The molecule has 0 saturated heterocycles. The molecule has 35 heavy (non-hydrogen) atoms. The van der Waals surface area contributed by atoms with E-state index < -0.39 is 5.91 Å². The van der Waals surface area contributed by atoms with E-state index in [1.54, 1.807) is 54.9 Å². The Balaban J connectivity index is 1.20. The summed E-state index contributed by atoms with van der Waals surface area (Å²) in [4.78, 5) is 32.7. The molecule has 0 bridgehead atoms. The summed E-state index contributed by atoms with van der Waals surface area (Å²) in [5.74, 6) is 0.611. The Morgan fingerprint density at radius 2 is 1.91 bits per heavy atom. The Morgan fingerprint density at radius 3 is 2.66 bits per heavy atom. The highest BCUT2D eigenvalue weighted by atomic mass is 35.5. The number of halogens is 1. The number of nitrogens with one attached hydrogen (secondary N) is 2. The Hall–Kier alpha value is -4.24. The van der Waals surface area contributed by atoms with Crippen LogP contribution in [0, 0.1) is 6.92 Å². The van der Waals surface area contributed by atoms with Crippen LogP contribution >= 0.6 is 11.6 Å². The number of rotatable bonds is 8. The SMILES string of the molecule is Cc1cc(OCc2ccc(C(=O)NNC(=O)CCc3nc(-c4cccnc4)no3)cc2)ccc1Cl. The van der Waals surface area contributed by atoms with Crippen molar-refractivity contribution in [3.8, 4) is 17.1 Å². The van der Waals surface area contributed by atoms with Crippen LogP contribution < -0.4 is 15.6 Å². The van der Waals surface area contributed by atoms with Gasteiger partial charge >= 0.3 is 0 Å². The molecule has 0 unspecified atom stereocenters. The molecule has 10 heteroatoms. The van der Waals surface area contributed by atoms with E-state index in [0.717, 1.165) is 16.7 Å². The summed E-state index contributed by atoms with van der Waals surface area (Å²) in [6.07, 6.45) is 3.57. The maximum atomic E-state index is 12.3. The Kier molecular flexibility index (Phi) is 7.69. The number of ether oxygens (including phenoxy) is 1. The third-order valence-corrected chi connectivity index (χ3v) is 5.44. The van der Waals surface area contributed by atoms with Crippen LogP contribution in [0.25, 0.3) is 11.4 Å². The highest BCUT2D eigenvalue weighted by Crippen LogP contribution is 2.22. The van der Waals surface area contributed by atoms with Crippen molar-refractivity contribution in [3.63, 3.8) is 0 Å². The maximum Gasteiger partial charge on any atom is 0.269 e. The van der Waals surface area contributed by atoms with Crippen molar-refractivity contribution in [1.82, 2.24) is 26.0 Å². The quantitative estimate of drug-likeness (QED) is 0.356. The predicted octanol–water partition coefficient (Wildman–Crippen LogP) is 4.07. The molecule has 0 atom stereocenters. The standard InChI is InChI=1S/C25H22ClN5O4/c1-16-13-20(8-9-21(16)26)34-15-17-4-6-18(7-5-17)25(33)30-29-22(32)10-11-23-28-24(31-35-23)19-3-2-12-27-14-19/h2-9,12-14H,10-11,15H2,1H3,(H,29,32)(H,30,33). The van der Waals surface area contributed by atoms with Gasteiger partial charge in [-0.1, -0.05) is 28.9 Å². The van der Waals surface area contributed by atoms with Gasteiger partial charge in [0.15, 0.2) is 0 Å². The van der Waals surface area contributed by atoms with Crippen molar-refractivity contribution >= 4 is 23.4 Å². The number of carbonyl (C=O) groups excluding carboxylic acids is 2. The van der Waals surface area contributed by atoms with Crippen molar-refractivity contribution in [2.75, 3.05) is 0 Å². The minimum Gasteiger partial charge on any atom is -0.489 e. The fourth-order valence-electron chi connectivity index (χ4n) is 3.08. The topological polar surface area (TPSA) is 119 Å². The largest absolute Gasteiger partial charge is 0.489 e. The summed E-state index contributed by atoms with van der Waals surface area (Å²) in [6, 6.07) is 15.9. The summed E-state index contributed by atoms with van der Waals surface area (Å²) in [5.41, 5.74) is 7.73. The minimum absolute atomic E-state index is 0.0649. The lowest BCUT2D eigenvalue weighted by Crippen LogP contribution is -2.41. The second-order valence-electron chi connectivity index (χ2n) is 7.65. The molecule has 9 nitrogen and oxygen atoms in total. The second kappa shape index (κ2) is 11.3. The first kappa shape index (κ1) is 23.9. The molecular weight excluding hydrogens is 470 g/mol. The van der Waals surface area contributed by atoms with Gasteiger partial charge in [-0.25, -0.2) is 0 Å². The van der Waals surface area contributed by atoms with Gasteiger partial charge in [0, 0.05) is 41.4 Å². The average Bonchev–Trinajstić information content (AvgIpc) is 3.37. The second-order valence-corrected chi connectivity index (χ2v) is 8.06. The van der Waals surface area contributed by atoms with Gasteiger partial charge in [-0.15, -0.1) is 0 Å². The van der Waals surface area contributed by atoms with Crippen LogP contribution in [0.15, 0.2) is 71.5 Å². The number of hydrogen-bond acceptors (Lipinski definition) is 7. The fourth-order valence-corrected chi connectivity index (χ4v) is 3.19. The summed E-state index contributed by atoms with van der Waals surface area (Å²) in [5, 5.41) is 4.57. The number of carbonyl (C=O) groups is 2. The van der Waals surface area contributed by atoms with Gasteiger partial charge in [-0.2, -0.15) is 4.98 Å². The van der Waals surface area contributed by atoms with Crippen molar-refractivity contribution in [2.24, 2.45) is 0 Å². The highest BCUT2D eigenvalue weighted by molar-refractivity contribution is 6.31. The van der Waals surface area contributed by atoms with E-state index in [-0.39, 0.29) is 18.7 Å². The molecule has 0 saturated carbocycles. The van der Waals surface area contributed by atoms with Gasteiger partial charge in [0.05, 0.1) is 0 Å². The van der Waals surface area contributed by atoms with Crippen LogP contribution in [-0.4, -0.2) is 26.9 Å². The van der Waals surface area contributed by atoms with Crippen molar-refractivity contribution in [1.29, 1.82) is 0 Å². The van der Waals surface area contributed by atoms with Crippen molar-refractivity contribution < 1.29 is 18.8 Å². The van der Waals surface area contributed by atoms with Gasteiger partial charge in [-0.05, 0) is 60.5 Å². The first-order chi connectivity index (χ1) is 17.0. The van der Waals surface area contributed by atoms with Crippen LogP contribution in [0.4, 0.5) is 0 Å². The van der Waals surface area contributed by atoms with Crippen LogP contribution in [-0.2, 0) is 17.8 Å². The van der Waals surface area contributed by atoms with Crippen LogP contribution in [0.5, 0.6) is 5.75 Å². The molecule has 2 heterocycles. The van der Waals surface area contributed by atoms with E-state index in [1.165, 1.54) is 0 Å². The molecule has 0 radical (unpaired) electrons. The molecule has 2 N–H and O–H groups in total. The van der Waals surface area contributed by atoms with Gasteiger partial charge in [0.25, 0.3) is 5.91 Å². The van der Waals surface area contributed by atoms with E-state index in [9.17, 15) is 9.59 Å². The van der Waals surface area contributed by atoms with E-state index in [4.69, 9.17) is 20.9 Å². The van der Waals surface area contributed by atoms with Gasteiger partial charge < -0.3 is 9.26 Å². The zero-order chi connectivity index (χ0) is 24.6. The van der Waals surface area contributed by atoms with E-state index in [1.807, 2.05) is 19.1 Å². The maximum absolute atomic E-state index is 12.3. The molecule has 2 amide bonds. The molecular formula is C25H22ClN5O4.